The Morgan fingerprint density at radius 2 is 0.833 bits per heavy atom. The summed E-state index contributed by atoms with van der Waals surface area (Å²) in [6.45, 7) is 4.60. The largest absolute Gasteiger partial charge is 0.412 e. The molecule has 0 fully saturated rings. The van der Waals surface area contributed by atoms with Crippen LogP contribution in [0.4, 0.5) is 0 Å². The van der Waals surface area contributed by atoms with Gasteiger partial charge in [0.25, 0.3) is 0 Å². The van der Waals surface area contributed by atoms with Crippen molar-refractivity contribution in [1.82, 2.24) is 0 Å². The van der Waals surface area contributed by atoms with E-state index in [1.807, 2.05) is 0 Å². The zero-order chi connectivity index (χ0) is 12.6. The van der Waals surface area contributed by atoms with Crippen LogP contribution in [0.3, 0.4) is 0 Å². The third kappa shape index (κ3) is 19.2. The van der Waals surface area contributed by atoms with Gasteiger partial charge in [-0.25, -0.2) is 0 Å². The summed E-state index contributed by atoms with van der Waals surface area (Å²) < 4.78 is 3.36. The molecule has 0 rings (SSSR count). The first kappa shape index (κ1) is 21.1. The van der Waals surface area contributed by atoms with Crippen LogP contribution in [-0.2, 0) is 22.9 Å². The monoisotopic (exact) mass is 424 g/mol. The van der Waals surface area contributed by atoms with E-state index >= 15 is 0 Å². The van der Waals surface area contributed by atoms with E-state index in [0.29, 0.717) is 0 Å². The van der Waals surface area contributed by atoms with Gasteiger partial charge in [-0.1, -0.05) is 0 Å². The molecule has 0 aliphatic carbocycles. The van der Waals surface area contributed by atoms with Crippen LogP contribution in [0.15, 0.2) is 0 Å². The zero-order valence-corrected chi connectivity index (χ0v) is 16.5. The summed E-state index contributed by atoms with van der Waals surface area (Å²) in [5.74, 6) is 0. The van der Waals surface area contributed by atoms with Crippen molar-refractivity contribution in [2.45, 2.75) is 99.3 Å². The molecule has 0 aliphatic heterocycles. The molecule has 0 atom stereocenters. The second-order valence-electron chi connectivity index (χ2n) is 5.29. The molecular formula is C16H36HfO. The second-order valence-corrected chi connectivity index (χ2v) is 10.7. The summed E-state index contributed by atoms with van der Waals surface area (Å²) >= 11 is -0.130. The zero-order valence-electron chi connectivity index (χ0n) is 12.9. The Hall–Kier alpha value is 0.830. The van der Waals surface area contributed by atoms with E-state index in [1.54, 1.807) is 21.2 Å². The summed E-state index contributed by atoms with van der Waals surface area (Å²) in [4.78, 5) is 0. The summed E-state index contributed by atoms with van der Waals surface area (Å²) in [5, 5.41) is 0. The molecule has 0 unspecified atom stereocenters. The van der Waals surface area contributed by atoms with E-state index in [1.165, 1.54) is 64.2 Å². The molecule has 0 aromatic carbocycles. The minimum atomic E-state index is -0.130. The standard InChI is InChI=1S/2C8H17.Hf.H2O/c2*1-3-5-7-8-6-4-2;;/h2*1,3-8H2,2H3;;1H2. The molecule has 0 bridgehead atoms. The normalized spacial score (nSPS) is 10.1. The number of rotatable bonds is 14. The average molecular weight is 423 g/mol. The van der Waals surface area contributed by atoms with Crippen LogP contribution >= 0.6 is 0 Å². The van der Waals surface area contributed by atoms with E-state index in [-0.39, 0.29) is 28.4 Å². The Kier molecular flexibility index (Phi) is 23.7. The van der Waals surface area contributed by atoms with Crippen LogP contribution in [0, 0.1) is 0 Å². The van der Waals surface area contributed by atoms with Gasteiger partial charge in [-0.3, -0.25) is 0 Å². The molecule has 0 radical (unpaired) electrons. The van der Waals surface area contributed by atoms with Crippen LogP contribution in [0.2, 0.25) is 8.35 Å². The van der Waals surface area contributed by atoms with Crippen molar-refractivity contribution in [1.29, 1.82) is 0 Å². The van der Waals surface area contributed by atoms with Gasteiger partial charge in [0.15, 0.2) is 0 Å². The molecule has 1 nitrogen and oxygen atoms in total. The van der Waals surface area contributed by atoms with Crippen LogP contribution in [-0.4, -0.2) is 5.48 Å². The summed E-state index contributed by atoms with van der Waals surface area (Å²) in [6, 6.07) is 0. The van der Waals surface area contributed by atoms with Gasteiger partial charge in [0.2, 0.25) is 0 Å². The van der Waals surface area contributed by atoms with Crippen LogP contribution in [0.25, 0.3) is 0 Å². The van der Waals surface area contributed by atoms with Gasteiger partial charge in [0, 0.05) is 0 Å². The van der Waals surface area contributed by atoms with Gasteiger partial charge in [-0.05, 0) is 0 Å². The molecule has 18 heavy (non-hydrogen) atoms. The number of hydrogen-bond donors (Lipinski definition) is 0. The van der Waals surface area contributed by atoms with Crippen molar-refractivity contribution in [3.8, 4) is 0 Å². The third-order valence-electron chi connectivity index (χ3n) is 3.41. The van der Waals surface area contributed by atoms with Gasteiger partial charge < -0.3 is 5.48 Å². The number of hydrogen-bond acceptors (Lipinski definition) is 0. The minimum absolute atomic E-state index is 0. The predicted octanol–water partition coefficient (Wildman–Crippen LogP) is 5.80. The predicted molar refractivity (Wildman–Crippen MR) is 80.0 cm³/mol. The Morgan fingerprint density at radius 1 is 0.500 bits per heavy atom. The Morgan fingerprint density at radius 3 is 1.22 bits per heavy atom. The molecule has 0 aromatic rings. The first-order valence-electron chi connectivity index (χ1n) is 8.12. The van der Waals surface area contributed by atoms with Crippen LogP contribution in [0.5, 0.6) is 0 Å². The maximum atomic E-state index is 2.30. The summed E-state index contributed by atoms with van der Waals surface area (Å²) in [7, 11) is 0. The van der Waals surface area contributed by atoms with Crippen LogP contribution in [0.1, 0.15) is 90.9 Å². The Bertz CT molecular complexity index is 114. The molecule has 0 spiro atoms. The molecule has 0 aliphatic rings. The van der Waals surface area contributed by atoms with E-state index < -0.39 is 0 Å². The maximum Gasteiger partial charge on any atom is -0.412 e. The molecule has 2 heteroatoms. The molecule has 0 aromatic heterocycles. The fourth-order valence-electron chi connectivity index (χ4n) is 2.19. The van der Waals surface area contributed by atoms with Crippen molar-refractivity contribution >= 4 is 0 Å². The van der Waals surface area contributed by atoms with E-state index in [0.717, 1.165) is 0 Å². The van der Waals surface area contributed by atoms with Crippen molar-refractivity contribution in [3.05, 3.63) is 0 Å². The molecule has 0 saturated heterocycles. The first-order chi connectivity index (χ1) is 8.41. The van der Waals surface area contributed by atoms with Gasteiger partial charge in [0.1, 0.15) is 0 Å². The summed E-state index contributed by atoms with van der Waals surface area (Å²) in [6.07, 6.45) is 17.9. The van der Waals surface area contributed by atoms with Crippen molar-refractivity contribution < 1.29 is 28.4 Å². The van der Waals surface area contributed by atoms with Crippen molar-refractivity contribution in [2.75, 3.05) is 0 Å². The quantitative estimate of drug-likeness (QED) is 0.250. The van der Waals surface area contributed by atoms with Gasteiger partial charge in [-0.15, -0.1) is 0 Å². The average Bonchev–Trinajstić information content (AvgIpc) is 2.35. The fourth-order valence-corrected chi connectivity index (χ4v) is 6.68. The molecule has 0 saturated carbocycles. The van der Waals surface area contributed by atoms with E-state index in [4.69, 9.17) is 0 Å². The van der Waals surface area contributed by atoms with Crippen molar-refractivity contribution in [3.63, 3.8) is 0 Å². The Labute approximate surface area is 127 Å². The smallest absolute Gasteiger partial charge is 0.412 e. The van der Waals surface area contributed by atoms with E-state index in [2.05, 4.69) is 13.8 Å². The van der Waals surface area contributed by atoms with Gasteiger partial charge in [-0.2, -0.15) is 0 Å². The van der Waals surface area contributed by atoms with Gasteiger partial charge in [0.05, 0.1) is 0 Å². The van der Waals surface area contributed by atoms with Crippen LogP contribution < -0.4 is 0 Å². The minimum Gasteiger partial charge on any atom is -0.412 e. The fraction of sp³-hybridized carbons (Fsp3) is 1.00. The third-order valence-corrected chi connectivity index (χ3v) is 8.50. The molecule has 110 valence electrons. The Balaban J connectivity index is 0. The SMILES string of the molecule is CCCCCCC[CH2][Hf][CH2]CCCCCCC.O. The van der Waals surface area contributed by atoms with Gasteiger partial charge >= 0.3 is 122 Å². The maximum absolute atomic E-state index is 2.30. The second kappa shape index (κ2) is 20.2. The molecule has 2 N–H and O–H groups in total. The van der Waals surface area contributed by atoms with E-state index in [9.17, 15) is 0 Å². The van der Waals surface area contributed by atoms with Crippen molar-refractivity contribution in [2.24, 2.45) is 0 Å². The summed E-state index contributed by atoms with van der Waals surface area (Å²) in [5.41, 5.74) is 0. The molecular weight excluding hydrogens is 387 g/mol. The molecule has 0 heterocycles. The number of unbranched alkanes of at least 4 members (excludes halogenated alkanes) is 10. The molecule has 0 amide bonds. The topological polar surface area (TPSA) is 31.5 Å². The first-order valence-corrected chi connectivity index (χ1v) is 13.2.